The Balaban J connectivity index is 0.00000176. The van der Waals surface area contributed by atoms with E-state index in [0.717, 1.165) is 16.6 Å². The van der Waals surface area contributed by atoms with Gasteiger partial charge in [-0.1, -0.05) is 35.6 Å². The van der Waals surface area contributed by atoms with Crippen LogP contribution in [0.3, 0.4) is 0 Å². The van der Waals surface area contributed by atoms with E-state index < -0.39 is 0 Å². The van der Waals surface area contributed by atoms with Crippen molar-refractivity contribution in [2.24, 2.45) is 0 Å². The van der Waals surface area contributed by atoms with Gasteiger partial charge < -0.3 is 9.47 Å². The number of para-hydroxylation sites is 1. The van der Waals surface area contributed by atoms with Gasteiger partial charge in [0.05, 0.1) is 18.3 Å². The normalized spacial score (nSPS) is 10.0. The predicted molar refractivity (Wildman–Crippen MR) is 89.0 cm³/mol. The molecule has 0 aliphatic heterocycles. The number of aromatic nitrogens is 1. The Morgan fingerprint density at radius 1 is 1.14 bits per heavy atom. The summed E-state index contributed by atoms with van der Waals surface area (Å²) >= 11 is 1.26. The van der Waals surface area contributed by atoms with E-state index in [2.05, 4.69) is 9.72 Å². The molecule has 0 aliphatic rings. The van der Waals surface area contributed by atoms with Crippen molar-refractivity contribution in [1.29, 1.82) is 0 Å². The SMILES string of the molecule is COC(=O)c1ccc(OCc2ccc3ccccc3n2)s1.Cl. The van der Waals surface area contributed by atoms with E-state index in [1.165, 1.54) is 18.4 Å². The Morgan fingerprint density at radius 3 is 2.77 bits per heavy atom. The number of nitrogens with zero attached hydrogens (tertiary/aromatic N) is 1. The van der Waals surface area contributed by atoms with Crippen molar-refractivity contribution in [3.05, 3.63) is 59.1 Å². The number of ether oxygens (including phenoxy) is 2. The highest BCUT2D eigenvalue weighted by Gasteiger charge is 2.10. The van der Waals surface area contributed by atoms with E-state index in [0.29, 0.717) is 16.5 Å². The van der Waals surface area contributed by atoms with Crippen LogP contribution in [0.15, 0.2) is 48.5 Å². The molecule has 6 heteroatoms. The Hall–Kier alpha value is -2.11. The molecule has 0 aliphatic carbocycles. The number of methoxy groups -OCH3 is 1. The summed E-state index contributed by atoms with van der Waals surface area (Å²) in [6.07, 6.45) is 0. The zero-order chi connectivity index (χ0) is 14.7. The molecule has 114 valence electrons. The highest BCUT2D eigenvalue weighted by atomic mass is 35.5. The molecule has 0 atom stereocenters. The fourth-order valence-electron chi connectivity index (χ4n) is 1.94. The molecule has 1 aromatic carbocycles. The maximum absolute atomic E-state index is 11.4. The van der Waals surface area contributed by atoms with Crippen LogP contribution in [-0.4, -0.2) is 18.1 Å². The first-order valence-corrected chi connectivity index (χ1v) is 7.23. The summed E-state index contributed by atoms with van der Waals surface area (Å²) in [6.45, 7) is 0.367. The number of benzene rings is 1. The van der Waals surface area contributed by atoms with Crippen LogP contribution in [-0.2, 0) is 11.3 Å². The molecule has 3 rings (SSSR count). The van der Waals surface area contributed by atoms with Gasteiger partial charge in [0, 0.05) is 5.39 Å². The van der Waals surface area contributed by atoms with Crippen LogP contribution in [0.4, 0.5) is 0 Å². The second-order valence-electron chi connectivity index (χ2n) is 4.39. The first kappa shape index (κ1) is 16.3. The summed E-state index contributed by atoms with van der Waals surface area (Å²) in [6, 6.07) is 15.4. The third-order valence-electron chi connectivity index (χ3n) is 2.99. The summed E-state index contributed by atoms with van der Waals surface area (Å²) in [5, 5.41) is 1.77. The third-order valence-corrected chi connectivity index (χ3v) is 3.96. The molecule has 0 saturated carbocycles. The molecule has 0 amide bonds. The van der Waals surface area contributed by atoms with Crippen molar-refractivity contribution in [1.82, 2.24) is 4.98 Å². The maximum atomic E-state index is 11.4. The van der Waals surface area contributed by atoms with Crippen LogP contribution in [0.2, 0.25) is 0 Å². The first-order chi connectivity index (χ1) is 10.3. The van der Waals surface area contributed by atoms with Crippen molar-refractivity contribution in [2.75, 3.05) is 7.11 Å². The van der Waals surface area contributed by atoms with Gasteiger partial charge in [0.25, 0.3) is 0 Å². The highest BCUT2D eigenvalue weighted by molar-refractivity contribution is 7.15. The lowest BCUT2D eigenvalue weighted by Crippen LogP contribution is -1.97. The lowest BCUT2D eigenvalue weighted by atomic mass is 10.2. The molecule has 0 spiro atoms. The molecule has 0 radical (unpaired) electrons. The minimum atomic E-state index is -0.348. The second-order valence-corrected chi connectivity index (χ2v) is 5.44. The van der Waals surface area contributed by atoms with Crippen molar-refractivity contribution in [3.8, 4) is 5.06 Å². The Bertz CT molecular complexity index is 788. The lowest BCUT2D eigenvalue weighted by molar-refractivity contribution is 0.0606. The topological polar surface area (TPSA) is 48.4 Å². The average Bonchev–Trinajstić information content (AvgIpc) is 3.01. The lowest BCUT2D eigenvalue weighted by Gasteiger charge is -2.04. The second kappa shape index (κ2) is 7.24. The number of thiophene rings is 1. The monoisotopic (exact) mass is 335 g/mol. The van der Waals surface area contributed by atoms with E-state index >= 15 is 0 Å². The van der Waals surface area contributed by atoms with Gasteiger partial charge in [-0.25, -0.2) is 9.78 Å². The zero-order valence-electron chi connectivity index (χ0n) is 11.8. The molecular formula is C16H14ClNO3S. The minimum absolute atomic E-state index is 0. The molecule has 2 heterocycles. The molecule has 0 saturated heterocycles. The molecular weight excluding hydrogens is 322 g/mol. The standard InChI is InChI=1S/C16H13NO3S.ClH/c1-19-16(18)14-8-9-15(21-14)20-10-12-7-6-11-4-2-3-5-13(11)17-12;/h2-9H,10H2,1H3;1H. The van der Waals surface area contributed by atoms with Crippen molar-refractivity contribution >= 4 is 40.6 Å². The number of rotatable bonds is 4. The minimum Gasteiger partial charge on any atom is -0.478 e. The highest BCUT2D eigenvalue weighted by Crippen LogP contribution is 2.25. The molecule has 2 aromatic heterocycles. The van der Waals surface area contributed by atoms with Gasteiger partial charge in [0.1, 0.15) is 11.5 Å². The fraction of sp³-hybridized carbons (Fsp3) is 0.125. The molecule has 0 fully saturated rings. The van der Waals surface area contributed by atoms with Crippen LogP contribution < -0.4 is 4.74 Å². The van der Waals surface area contributed by atoms with Gasteiger partial charge in [-0.15, -0.1) is 12.4 Å². The largest absolute Gasteiger partial charge is 0.478 e. The number of halogens is 1. The first-order valence-electron chi connectivity index (χ1n) is 6.42. The molecule has 0 bridgehead atoms. The van der Waals surface area contributed by atoms with Crippen LogP contribution in [0, 0.1) is 0 Å². The van der Waals surface area contributed by atoms with E-state index in [1.807, 2.05) is 36.4 Å². The zero-order valence-corrected chi connectivity index (χ0v) is 13.4. The molecule has 22 heavy (non-hydrogen) atoms. The molecule has 3 aromatic rings. The third kappa shape index (κ3) is 3.55. The molecule has 4 nitrogen and oxygen atoms in total. The van der Waals surface area contributed by atoms with Crippen molar-refractivity contribution < 1.29 is 14.3 Å². The van der Waals surface area contributed by atoms with Crippen LogP contribution in [0.25, 0.3) is 10.9 Å². The average molecular weight is 336 g/mol. The van der Waals surface area contributed by atoms with E-state index in [4.69, 9.17) is 4.74 Å². The maximum Gasteiger partial charge on any atom is 0.348 e. The Kier molecular flexibility index (Phi) is 5.35. The number of esters is 1. The van der Waals surface area contributed by atoms with Crippen LogP contribution in [0.5, 0.6) is 5.06 Å². The number of carbonyl (C=O) groups is 1. The number of hydrogen-bond donors (Lipinski definition) is 0. The summed E-state index contributed by atoms with van der Waals surface area (Å²) in [5.41, 5.74) is 1.79. The van der Waals surface area contributed by atoms with E-state index in [-0.39, 0.29) is 18.4 Å². The fourth-order valence-corrected chi connectivity index (χ4v) is 2.72. The van der Waals surface area contributed by atoms with E-state index in [1.54, 1.807) is 12.1 Å². The molecule has 0 N–H and O–H groups in total. The van der Waals surface area contributed by atoms with Gasteiger partial charge in [0.15, 0.2) is 5.06 Å². The van der Waals surface area contributed by atoms with Crippen molar-refractivity contribution in [2.45, 2.75) is 6.61 Å². The Morgan fingerprint density at radius 2 is 1.95 bits per heavy atom. The number of hydrogen-bond acceptors (Lipinski definition) is 5. The summed E-state index contributed by atoms with van der Waals surface area (Å²) in [5.74, 6) is -0.348. The molecule has 0 unspecified atom stereocenters. The summed E-state index contributed by atoms with van der Waals surface area (Å²) < 4.78 is 10.3. The van der Waals surface area contributed by atoms with Gasteiger partial charge in [-0.2, -0.15) is 0 Å². The summed E-state index contributed by atoms with van der Waals surface area (Å²) in [7, 11) is 1.36. The van der Waals surface area contributed by atoms with Crippen molar-refractivity contribution in [3.63, 3.8) is 0 Å². The van der Waals surface area contributed by atoms with E-state index in [9.17, 15) is 4.79 Å². The number of pyridine rings is 1. The smallest absolute Gasteiger partial charge is 0.348 e. The van der Waals surface area contributed by atoms with Gasteiger partial charge in [-0.05, 0) is 24.3 Å². The van der Waals surface area contributed by atoms with Crippen LogP contribution in [0.1, 0.15) is 15.4 Å². The summed E-state index contributed by atoms with van der Waals surface area (Å²) in [4.78, 5) is 16.4. The van der Waals surface area contributed by atoms with Gasteiger partial charge in [0.2, 0.25) is 0 Å². The Labute approximate surface area is 138 Å². The predicted octanol–water partition coefficient (Wildman–Crippen LogP) is 4.08. The number of carbonyl (C=O) groups excluding carboxylic acids is 1. The van der Waals surface area contributed by atoms with Gasteiger partial charge >= 0.3 is 5.97 Å². The van der Waals surface area contributed by atoms with Crippen LogP contribution >= 0.6 is 23.7 Å². The number of fused-ring (bicyclic) bond motifs is 1. The quantitative estimate of drug-likeness (QED) is 0.674. The van der Waals surface area contributed by atoms with Gasteiger partial charge in [-0.3, -0.25) is 0 Å².